The molecule has 0 spiro atoms. The third-order valence-electron chi connectivity index (χ3n) is 5.84. The fraction of sp³-hybridized carbons (Fsp3) is 0.600. The predicted octanol–water partition coefficient (Wildman–Crippen LogP) is 1.87. The van der Waals surface area contributed by atoms with E-state index in [2.05, 4.69) is 30.8 Å². The number of imidazole rings is 1. The number of nitrogens with zero attached hydrogens (tertiary/aromatic N) is 5. The molecule has 0 amide bonds. The molecule has 0 bridgehead atoms. The van der Waals surface area contributed by atoms with Gasteiger partial charge in [0, 0.05) is 63.1 Å². The summed E-state index contributed by atoms with van der Waals surface area (Å²) in [7, 11) is 5.51. The van der Waals surface area contributed by atoms with Crippen LogP contribution in [0.4, 0.5) is 0 Å². The molecule has 1 aliphatic rings. The number of aromatic nitrogens is 3. The first-order valence-electron chi connectivity index (χ1n) is 9.56. The van der Waals surface area contributed by atoms with Gasteiger partial charge in [-0.25, -0.2) is 9.78 Å². The van der Waals surface area contributed by atoms with Gasteiger partial charge in [0.2, 0.25) is 0 Å². The maximum Gasteiger partial charge on any atom is 0.340 e. The Morgan fingerprint density at radius 1 is 1.07 bits per heavy atom. The average molecular weight is 374 g/mol. The highest BCUT2D eigenvalue weighted by Crippen LogP contribution is 2.24. The van der Waals surface area contributed by atoms with E-state index in [0.29, 0.717) is 0 Å². The molecule has 1 aliphatic heterocycles. The standard InChI is InChI=1S/C20H31N5O2/c1-15-17(19(20(26)27-5)16(2)23(15)4)13-24-8-6-9-25(12-11-24)14-18-21-7-10-22(18)3/h7,10H,6,8-9,11-14H2,1-5H3. The first-order valence-corrected chi connectivity index (χ1v) is 9.56. The minimum Gasteiger partial charge on any atom is -0.465 e. The predicted molar refractivity (Wildman–Crippen MR) is 105 cm³/mol. The molecule has 148 valence electrons. The molecule has 3 heterocycles. The van der Waals surface area contributed by atoms with E-state index >= 15 is 0 Å². The van der Waals surface area contributed by atoms with Gasteiger partial charge in [0.1, 0.15) is 5.82 Å². The zero-order valence-corrected chi connectivity index (χ0v) is 17.2. The van der Waals surface area contributed by atoms with E-state index in [-0.39, 0.29) is 5.97 Å². The summed E-state index contributed by atoms with van der Waals surface area (Å²) in [6, 6.07) is 0. The molecular weight excluding hydrogens is 342 g/mol. The first-order chi connectivity index (χ1) is 12.9. The van der Waals surface area contributed by atoms with Crippen molar-refractivity contribution in [2.24, 2.45) is 14.1 Å². The van der Waals surface area contributed by atoms with Gasteiger partial charge in [-0.2, -0.15) is 0 Å². The maximum absolute atomic E-state index is 12.3. The van der Waals surface area contributed by atoms with Crippen molar-refractivity contribution in [2.45, 2.75) is 33.4 Å². The second-order valence-electron chi connectivity index (χ2n) is 7.44. The van der Waals surface area contributed by atoms with Gasteiger partial charge in [-0.05, 0) is 33.4 Å². The molecule has 0 aromatic carbocycles. The molecule has 2 aromatic heterocycles. The van der Waals surface area contributed by atoms with Crippen LogP contribution < -0.4 is 0 Å². The van der Waals surface area contributed by atoms with Crippen molar-refractivity contribution in [3.8, 4) is 0 Å². The lowest BCUT2D eigenvalue weighted by Crippen LogP contribution is -2.31. The van der Waals surface area contributed by atoms with Crippen molar-refractivity contribution in [2.75, 3.05) is 33.3 Å². The number of carbonyl (C=O) groups excluding carboxylic acids is 1. The molecule has 0 unspecified atom stereocenters. The summed E-state index contributed by atoms with van der Waals surface area (Å²) in [4.78, 5) is 21.7. The highest BCUT2D eigenvalue weighted by Gasteiger charge is 2.25. The summed E-state index contributed by atoms with van der Waals surface area (Å²) in [5.74, 6) is 0.864. The van der Waals surface area contributed by atoms with E-state index in [1.54, 1.807) is 0 Å². The lowest BCUT2D eigenvalue weighted by Gasteiger charge is -2.22. The second kappa shape index (κ2) is 8.27. The first kappa shape index (κ1) is 19.6. The molecular formula is C20H31N5O2. The zero-order valence-electron chi connectivity index (χ0n) is 17.2. The lowest BCUT2D eigenvalue weighted by atomic mass is 10.1. The van der Waals surface area contributed by atoms with Gasteiger partial charge in [0.05, 0.1) is 19.2 Å². The van der Waals surface area contributed by atoms with Gasteiger partial charge in [-0.1, -0.05) is 0 Å². The Bertz CT molecular complexity index is 808. The Morgan fingerprint density at radius 3 is 2.33 bits per heavy atom. The van der Waals surface area contributed by atoms with Crippen LogP contribution in [-0.4, -0.2) is 63.2 Å². The van der Waals surface area contributed by atoms with Crippen molar-refractivity contribution in [3.63, 3.8) is 0 Å². The van der Waals surface area contributed by atoms with E-state index in [4.69, 9.17) is 4.74 Å². The fourth-order valence-electron chi connectivity index (χ4n) is 3.90. The molecule has 3 rings (SSSR count). The topological polar surface area (TPSA) is 55.5 Å². The van der Waals surface area contributed by atoms with Crippen molar-refractivity contribution in [1.82, 2.24) is 23.9 Å². The van der Waals surface area contributed by atoms with Gasteiger partial charge in [0.15, 0.2) is 0 Å². The van der Waals surface area contributed by atoms with Crippen LogP contribution in [0.1, 0.15) is 39.6 Å². The summed E-state index contributed by atoms with van der Waals surface area (Å²) in [5, 5.41) is 0. The highest BCUT2D eigenvalue weighted by atomic mass is 16.5. The van der Waals surface area contributed by atoms with E-state index in [1.807, 2.05) is 33.4 Å². The molecule has 0 saturated carbocycles. The number of hydrogen-bond donors (Lipinski definition) is 0. The van der Waals surface area contributed by atoms with Gasteiger partial charge < -0.3 is 13.9 Å². The monoisotopic (exact) mass is 373 g/mol. The third kappa shape index (κ3) is 4.09. The number of hydrogen-bond acceptors (Lipinski definition) is 5. The SMILES string of the molecule is COC(=O)c1c(CN2CCCN(Cc3nccn3C)CC2)c(C)n(C)c1C. The van der Waals surface area contributed by atoms with Crippen LogP contribution in [0.2, 0.25) is 0 Å². The van der Waals surface area contributed by atoms with Crippen LogP contribution in [-0.2, 0) is 31.9 Å². The van der Waals surface area contributed by atoms with Crippen molar-refractivity contribution in [1.29, 1.82) is 0 Å². The van der Waals surface area contributed by atoms with Crippen molar-refractivity contribution in [3.05, 3.63) is 40.7 Å². The van der Waals surface area contributed by atoms with Gasteiger partial charge in [0.25, 0.3) is 0 Å². The smallest absolute Gasteiger partial charge is 0.340 e. The van der Waals surface area contributed by atoms with Crippen LogP contribution >= 0.6 is 0 Å². The highest BCUT2D eigenvalue weighted by molar-refractivity contribution is 5.93. The Labute approximate surface area is 161 Å². The average Bonchev–Trinajstić information content (AvgIpc) is 3.04. The summed E-state index contributed by atoms with van der Waals surface area (Å²) in [6.07, 6.45) is 4.96. The van der Waals surface area contributed by atoms with Crippen LogP contribution in [0.15, 0.2) is 12.4 Å². The molecule has 0 atom stereocenters. The number of methoxy groups -OCH3 is 1. The Hall–Kier alpha value is -2.12. The zero-order chi connectivity index (χ0) is 19.6. The quantitative estimate of drug-likeness (QED) is 0.749. The minimum absolute atomic E-state index is 0.238. The summed E-state index contributed by atoms with van der Waals surface area (Å²) >= 11 is 0. The van der Waals surface area contributed by atoms with Crippen LogP contribution in [0.3, 0.4) is 0 Å². The Morgan fingerprint density at radius 2 is 1.74 bits per heavy atom. The number of aryl methyl sites for hydroxylation is 1. The molecule has 0 N–H and O–H groups in total. The Kier molecular flexibility index (Phi) is 6.01. The Balaban J connectivity index is 1.70. The molecule has 7 heteroatoms. The van der Waals surface area contributed by atoms with E-state index < -0.39 is 0 Å². The number of carbonyl (C=O) groups is 1. The molecule has 7 nitrogen and oxygen atoms in total. The maximum atomic E-state index is 12.3. The molecule has 1 fully saturated rings. The number of ether oxygens (including phenoxy) is 1. The van der Waals surface area contributed by atoms with E-state index in [9.17, 15) is 4.79 Å². The van der Waals surface area contributed by atoms with Gasteiger partial charge >= 0.3 is 5.97 Å². The third-order valence-corrected chi connectivity index (χ3v) is 5.84. The van der Waals surface area contributed by atoms with Crippen LogP contribution in [0, 0.1) is 13.8 Å². The normalized spacial score (nSPS) is 16.5. The molecule has 27 heavy (non-hydrogen) atoms. The lowest BCUT2D eigenvalue weighted by molar-refractivity contribution is 0.0597. The number of esters is 1. The van der Waals surface area contributed by atoms with E-state index in [0.717, 1.165) is 74.0 Å². The minimum atomic E-state index is -0.238. The van der Waals surface area contributed by atoms with Crippen molar-refractivity contribution >= 4 is 5.97 Å². The summed E-state index contributed by atoms with van der Waals surface area (Å²) in [5.41, 5.74) is 3.94. The number of rotatable bonds is 5. The van der Waals surface area contributed by atoms with Crippen molar-refractivity contribution < 1.29 is 9.53 Å². The molecule has 0 radical (unpaired) electrons. The van der Waals surface area contributed by atoms with Crippen LogP contribution in [0.5, 0.6) is 0 Å². The second-order valence-corrected chi connectivity index (χ2v) is 7.44. The van der Waals surface area contributed by atoms with Gasteiger partial charge in [-0.3, -0.25) is 9.80 Å². The molecule has 0 aliphatic carbocycles. The molecule has 1 saturated heterocycles. The fourth-order valence-corrected chi connectivity index (χ4v) is 3.90. The van der Waals surface area contributed by atoms with Gasteiger partial charge in [-0.15, -0.1) is 0 Å². The summed E-state index contributed by atoms with van der Waals surface area (Å²) in [6.45, 7) is 9.83. The van der Waals surface area contributed by atoms with E-state index in [1.165, 1.54) is 7.11 Å². The van der Waals surface area contributed by atoms with Crippen LogP contribution in [0.25, 0.3) is 0 Å². The largest absolute Gasteiger partial charge is 0.465 e. The summed E-state index contributed by atoms with van der Waals surface area (Å²) < 4.78 is 9.21. The molecule has 2 aromatic rings.